The van der Waals surface area contributed by atoms with Gasteiger partial charge in [0.2, 0.25) is 0 Å². The van der Waals surface area contributed by atoms with Crippen LogP contribution in [0.3, 0.4) is 0 Å². The third-order valence-electron chi connectivity index (χ3n) is 6.97. The highest BCUT2D eigenvalue weighted by Crippen LogP contribution is 2.48. The smallest absolute Gasteiger partial charge is 0.339 e. The van der Waals surface area contributed by atoms with Crippen LogP contribution in [0, 0.1) is 0 Å². The number of halogens is 2. The summed E-state index contributed by atoms with van der Waals surface area (Å²) < 4.78 is 11.1. The number of allylic oxidation sites excluding steroid dienone is 1. The first-order chi connectivity index (χ1) is 16.0. The van der Waals surface area contributed by atoms with Crippen LogP contribution >= 0.6 is 31.9 Å². The Kier molecular flexibility index (Phi) is 13.6. The van der Waals surface area contributed by atoms with Crippen molar-refractivity contribution in [1.82, 2.24) is 0 Å². The highest BCUT2D eigenvalue weighted by atomic mass is 79.9. The largest absolute Gasteiger partial charge is 0.462 e. The molecule has 0 unspecified atom stereocenters. The van der Waals surface area contributed by atoms with E-state index in [1.807, 2.05) is 13.8 Å². The van der Waals surface area contributed by atoms with E-state index in [1.165, 1.54) is 0 Å². The first kappa shape index (κ1) is 31.4. The van der Waals surface area contributed by atoms with E-state index in [0.29, 0.717) is 53.8 Å². The van der Waals surface area contributed by atoms with Crippen LogP contribution < -0.4 is 0 Å². The molecule has 0 saturated carbocycles. The van der Waals surface area contributed by atoms with Crippen molar-refractivity contribution in [3.8, 4) is 0 Å². The lowest BCUT2D eigenvalue weighted by atomic mass is 9.99. The lowest BCUT2D eigenvalue weighted by Crippen LogP contribution is -2.43. The summed E-state index contributed by atoms with van der Waals surface area (Å²) in [6.45, 7) is 18.1. The van der Waals surface area contributed by atoms with Crippen LogP contribution in [0.1, 0.15) is 81.1 Å². The van der Waals surface area contributed by atoms with Gasteiger partial charge in [-0.2, -0.15) is 0 Å². The number of ether oxygens (including phenoxy) is 2. The summed E-state index contributed by atoms with van der Waals surface area (Å²) in [4.78, 5) is 26.8. The van der Waals surface area contributed by atoms with Crippen molar-refractivity contribution < 1.29 is 19.1 Å². The van der Waals surface area contributed by atoms with Crippen LogP contribution in [-0.2, 0) is 19.1 Å². The Morgan fingerprint density at radius 1 is 0.765 bits per heavy atom. The van der Waals surface area contributed by atoms with Gasteiger partial charge >= 0.3 is 11.9 Å². The fraction of sp³-hybridized carbons (Fsp3) is 0.704. The standard InChI is InChI=1S/C27H44Br2O4Si/c1-9-32-26(30)24-21(13-11-15-28)23(17-34(18(3)4,19(5)6)20(7)8)25(27(31)33-10-2)22(24)14-12-16-29/h17-20H,9-16H2,1-8H3/b23-17+. The van der Waals surface area contributed by atoms with Gasteiger partial charge in [-0.3, -0.25) is 0 Å². The highest BCUT2D eigenvalue weighted by Gasteiger charge is 2.44. The van der Waals surface area contributed by atoms with E-state index in [4.69, 9.17) is 9.47 Å². The molecule has 4 nitrogen and oxygen atoms in total. The van der Waals surface area contributed by atoms with E-state index in [9.17, 15) is 9.59 Å². The summed E-state index contributed by atoms with van der Waals surface area (Å²) >= 11 is 7.09. The monoisotopic (exact) mass is 618 g/mol. The number of hydrogen-bond acceptors (Lipinski definition) is 4. The lowest BCUT2D eigenvalue weighted by Gasteiger charge is -2.41. The Hall–Kier alpha value is -0.663. The van der Waals surface area contributed by atoms with E-state index in [0.717, 1.165) is 40.2 Å². The number of carbonyl (C=O) groups is 2. The van der Waals surface area contributed by atoms with Crippen LogP contribution in [0.25, 0.3) is 0 Å². The van der Waals surface area contributed by atoms with Gasteiger partial charge in [-0.05, 0) is 72.9 Å². The molecule has 0 fully saturated rings. The Morgan fingerprint density at radius 3 is 1.56 bits per heavy atom. The number of esters is 2. The summed E-state index contributed by atoms with van der Waals surface area (Å²) in [7, 11) is -2.04. The molecule has 7 heteroatoms. The molecule has 1 aliphatic carbocycles. The van der Waals surface area contributed by atoms with Crippen LogP contribution in [0.5, 0.6) is 0 Å². The molecule has 0 amide bonds. The summed E-state index contributed by atoms with van der Waals surface area (Å²) in [5, 5.41) is 1.62. The Morgan fingerprint density at radius 2 is 1.18 bits per heavy atom. The second-order valence-electron chi connectivity index (χ2n) is 9.76. The van der Waals surface area contributed by atoms with Gasteiger partial charge in [-0.25, -0.2) is 9.59 Å². The van der Waals surface area contributed by atoms with Gasteiger partial charge < -0.3 is 9.47 Å². The Bertz CT molecular complexity index is 788. The average Bonchev–Trinajstić information content (AvgIpc) is 3.06. The van der Waals surface area contributed by atoms with E-state index in [1.54, 1.807) is 0 Å². The van der Waals surface area contributed by atoms with Gasteiger partial charge in [-0.1, -0.05) is 79.1 Å². The van der Waals surface area contributed by atoms with Gasteiger partial charge in [0, 0.05) is 10.7 Å². The van der Waals surface area contributed by atoms with E-state index < -0.39 is 8.07 Å². The Labute approximate surface area is 225 Å². The fourth-order valence-electron chi connectivity index (χ4n) is 5.55. The molecule has 0 bridgehead atoms. The molecule has 0 atom stereocenters. The summed E-state index contributed by atoms with van der Waals surface area (Å²) in [6, 6.07) is 0. The molecule has 1 aliphatic rings. The molecule has 0 radical (unpaired) electrons. The second-order valence-corrected chi connectivity index (χ2v) is 17.1. The molecule has 0 heterocycles. The quantitative estimate of drug-likeness (QED) is 0.112. The number of alkyl halides is 2. The molecule has 0 aromatic heterocycles. The van der Waals surface area contributed by atoms with Crippen molar-refractivity contribution in [3.05, 3.63) is 33.6 Å². The third kappa shape index (κ3) is 6.97. The predicted molar refractivity (Wildman–Crippen MR) is 153 cm³/mol. The molecular formula is C27H44Br2O4Si. The van der Waals surface area contributed by atoms with E-state index in [-0.39, 0.29) is 11.9 Å². The summed E-state index contributed by atoms with van der Waals surface area (Å²) in [6.07, 6.45) is 3.03. The summed E-state index contributed by atoms with van der Waals surface area (Å²) in [5.41, 5.74) is 7.79. The topological polar surface area (TPSA) is 52.6 Å². The van der Waals surface area contributed by atoms with Crippen LogP contribution in [0.4, 0.5) is 0 Å². The number of rotatable bonds is 14. The molecule has 0 aliphatic heterocycles. The average molecular weight is 621 g/mol. The first-order valence-corrected chi connectivity index (χ1v) is 17.3. The van der Waals surface area contributed by atoms with Crippen molar-refractivity contribution in [2.45, 2.75) is 97.7 Å². The Balaban J connectivity index is 4.11. The van der Waals surface area contributed by atoms with Crippen molar-refractivity contribution in [2.75, 3.05) is 23.9 Å². The minimum atomic E-state index is -2.04. The predicted octanol–water partition coefficient (Wildman–Crippen LogP) is 8.21. The van der Waals surface area contributed by atoms with Crippen LogP contribution in [0.2, 0.25) is 16.6 Å². The van der Waals surface area contributed by atoms with Crippen molar-refractivity contribution >= 4 is 51.9 Å². The molecule has 0 aromatic carbocycles. The lowest BCUT2D eigenvalue weighted by molar-refractivity contribution is -0.138. The third-order valence-corrected chi connectivity index (χ3v) is 14.9. The van der Waals surface area contributed by atoms with Crippen molar-refractivity contribution in [2.24, 2.45) is 0 Å². The van der Waals surface area contributed by atoms with Crippen molar-refractivity contribution in [3.63, 3.8) is 0 Å². The van der Waals surface area contributed by atoms with Gasteiger partial charge in [0.15, 0.2) is 0 Å². The molecule has 0 saturated heterocycles. The zero-order chi connectivity index (χ0) is 26.1. The number of hydrogen-bond donors (Lipinski definition) is 0. The van der Waals surface area contributed by atoms with Crippen LogP contribution in [-0.4, -0.2) is 43.9 Å². The normalized spacial score (nSPS) is 16.0. The van der Waals surface area contributed by atoms with E-state index in [2.05, 4.69) is 79.1 Å². The minimum Gasteiger partial charge on any atom is -0.462 e. The van der Waals surface area contributed by atoms with E-state index >= 15 is 0 Å². The molecule has 194 valence electrons. The molecule has 1 rings (SSSR count). The van der Waals surface area contributed by atoms with Gasteiger partial charge in [0.1, 0.15) is 0 Å². The van der Waals surface area contributed by atoms with Crippen LogP contribution in [0.15, 0.2) is 33.6 Å². The van der Waals surface area contributed by atoms with Gasteiger partial charge in [0.05, 0.1) is 32.4 Å². The molecule has 0 N–H and O–H groups in total. The first-order valence-electron chi connectivity index (χ1n) is 12.7. The molecular weight excluding hydrogens is 576 g/mol. The maximum absolute atomic E-state index is 13.5. The SMILES string of the molecule is CCOC(=O)C1=C(CCCBr)/C(=C\[Si](C(C)C)(C(C)C)C(C)C)C(C(=O)OCC)=C1CCCBr. The number of carbonyl (C=O) groups excluding carboxylic acids is 2. The maximum Gasteiger partial charge on any atom is 0.339 e. The second kappa shape index (κ2) is 14.8. The highest BCUT2D eigenvalue weighted by molar-refractivity contribution is 9.09. The fourth-order valence-corrected chi connectivity index (χ4v) is 11.9. The zero-order valence-electron chi connectivity index (χ0n) is 22.4. The van der Waals surface area contributed by atoms with Gasteiger partial charge in [0.25, 0.3) is 0 Å². The zero-order valence-corrected chi connectivity index (χ0v) is 26.5. The molecule has 0 aromatic rings. The summed E-state index contributed by atoms with van der Waals surface area (Å²) in [5.74, 6) is -0.652. The minimum absolute atomic E-state index is 0.300. The molecule has 0 spiro atoms. The maximum atomic E-state index is 13.5. The molecule has 34 heavy (non-hydrogen) atoms. The van der Waals surface area contributed by atoms with Crippen molar-refractivity contribution in [1.29, 1.82) is 0 Å². The van der Waals surface area contributed by atoms with Gasteiger partial charge in [-0.15, -0.1) is 0 Å².